The lowest BCUT2D eigenvalue weighted by atomic mass is 10.1. The highest BCUT2D eigenvalue weighted by Gasteiger charge is 2.12. The molecule has 0 atom stereocenters. The van der Waals surface area contributed by atoms with Gasteiger partial charge in [0, 0.05) is 16.8 Å². The summed E-state index contributed by atoms with van der Waals surface area (Å²) in [5.74, 6) is 1.99. The first kappa shape index (κ1) is 20.3. The van der Waals surface area contributed by atoms with E-state index in [1.807, 2.05) is 25.1 Å². The van der Waals surface area contributed by atoms with Crippen molar-refractivity contribution in [1.29, 1.82) is 0 Å². The van der Waals surface area contributed by atoms with Crippen molar-refractivity contribution in [3.63, 3.8) is 0 Å². The van der Waals surface area contributed by atoms with Crippen molar-refractivity contribution >= 4 is 11.6 Å². The molecule has 0 radical (unpaired) electrons. The SMILES string of the molecule is COc1ccc(NC(=O)c2ccc(OC)c(COc3ccc(C)c(C)c3)c2)cc1. The minimum Gasteiger partial charge on any atom is -0.497 e. The molecule has 5 heteroatoms. The van der Waals surface area contributed by atoms with Gasteiger partial charge in [-0.05, 0) is 79.6 Å². The highest BCUT2D eigenvalue weighted by molar-refractivity contribution is 6.04. The monoisotopic (exact) mass is 391 g/mol. The summed E-state index contributed by atoms with van der Waals surface area (Å²) in [6, 6.07) is 18.5. The van der Waals surface area contributed by atoms with Crippen molar-refractivity contribution in [2.24, 2.45) is 0 Å². The molecule has 1 amide bonds. The van der Waals surface area contributed by atoms with E-state index in [-0.39, 0.29) is 5.91 Å². The third-order valence-corrected chi connectivity index (χ3v) is 4.76. The van der Waals surface area contributed by atoms with Gasteiger partial charge < -0.3 is 19.5 Å². The van der Waals surface area contributed by atoms with Crippen molar-refractivity contribution in [2.45, 2.75) is 20.5 Å². The van der Waals surface area contributed by atoms with Gasteiger partial charge in [-0.15, -0.1) is 0 Å². The van der Waals surface area contributed by atoms with Crippen LogP contribution < -0.4 is 19.5 Å². The predicted octanol–water partition coefficient (Wildman–Crippen LogP) is 5.15. The van der Waals surface area contributed by atoms with Gasteiger partial charge in [0.05, 0.1) is 14.2 Å². The van der Waals surface area contributed by atoms with Gasteiger partial charge in [-0.2, -0.15) is 0 Å². The van der Waals surface area contributed by atoms with E-state index in [0.717, 1.165) is 17.1 Å². The molecule has 3 aromatic rings. The Kier molecular flexibility index (Phi) is 6.39. The molecule has 0 spiro atoms. The van der Waals surface area contributed by atoms with Gasteiger partial charge in [0.2, 0.25) is 0 Å². The molecule has 0 saturated carbocycles. The second-order valence-corrected chi connectivity index (χ2v) is 6.74. The molecule has 0 fully saturated rings. The summed E-state index contributed by atoms with van der Waals surface area (Å²) in [5.41, 5.74) is 4.40. The second kappa shape index (κ2) is 9.15. The lowest BCUT2D eigenvalue weighted by Crippen LogP contribution is -2.12. The van der Waals surface area contributed by atoms with Crippen LogP contribution in [-0.2, 0) is 6.61 Å². The number of nitrogens with one attached hydrogen (secondary N) is 1. The zero-order chi connectivity index (χ0) is 20.8. The van der Waals surface area contributed by atoms with Gasteiger partial charge >= 0.3 is 0 Å². The smallest absolute Gasteiger partial charge is 0.255 e. The molecule has 1 N–H and O–H groups in total. The Morgan fingerprint density at radius 1 is 0.828 bits per heavy atom. The lowest BCUT2D eigenvalue weighted by Gasteiger charge is -2.13. The third-order valence-electron chi connectivity index (χ3n) is 4.76. The average Bonchev–Trinajstić information content (AvgIpc) is 2.74. The predicted molar refractivity (Wildman–Crippen MR) is 114 cm³/mol. The summed E-state index contributed by atoms with van der Waals surface area (Å²) < 4.78 is 16.5. The summed E-state index contributed by atoms with van der Waals surface area (Å²) in [6.07, 6.45) is 0. The quantitative estimate of drug-likeness (QED) is 0.605. The van der Waals surface area contributed by atoms with Crippen LogP contribution in [0, 0.1) is 13.8 Å². The van der Waals surface area contributed by atoms with E-state index in [9.17, 15) is 4.79 Å². The molecule has 0 aliphatic rings. The van der Waals surface area contributed by atoms with Crippen LogP contribution >= 0.6 is 0 Å². The molecular formula is C24H25NO4. The number of hydrogen-bond acceptors (Lipinski definition) is 4. The molecule has 29 heavy (non-hydrogen) atoms. The van der Waals surface area contributed by atoms with Gasteiger partial charge in [-0.1, -0.05) is 6.07 Å². The topological polar surface area (TPSA) is 56.8 Å². The van der Waals surface area contributed by atoms with E-state index in [4.69, 9.17) is 14.2 Å². The highest BCUT2D eigenvalue weighted by Crippen LogP contribution is 2.24. The van der Waals surface area contributed by atoms with Crippen LogP contribution in [-0.4, -0.2) is 20.1 Å². The van der Waals surface area contributed by atoms with Crippen molar-refractivity contribution in [2.75, 3.05) is 19.5 Å². The summed E-state index contributed by atoms with van der Waals surface area (Å²) >= 11 is 0. The number of carbonyl (C=O) groups is 1. The maximum atomic E-state index is 12.7. The molecule has 3 aromatic carbocycles. The highest BCUT2D eigenvalue weighted by atomic mass is 16.5. The third kappa shape index (κ3) is 5.08. The fraction of sp³-hybridized carbons (Fsp3) is 0.208. The number of aryl methyl sites for hydroxylation is 2. The standard InChI is InChI=1S/C24H25NO4/c1-16-5-9-22(13-17(16)2)29-15-19-14-18(6-12-23(19)28-4)24(26)25-20-7-10-21(27-3)11-8-20/h5-14H,15H2,1-4H3,(H,25,26). The van der Waals surface area contributed by atoms with Crippen molar-refractivity contribution < 1.29 is 19.0 Å². The van der Waals surface area contributed by atoms with Crippen LogP contribution in [0.5, 0.6) is 17.2 Å². The fourth-order valence-electron chi connectivity index (χ4n) is 2.88. The van der Waals surface area contributed by atoms with E-state index in [1.54, 1.807) is 56.7 Å². The van der Waals surface area contributed by atoms with E-state index in [2.05, 4.69) is 12.2 Å². The van der Waals surface area contributed by atoms with Gasteiger partial charge in [0.1, 0.15) is 23.9 Å². The van der Waals surface area contributed by atoms with E-state index < -0.39 is 0 Å². The first-order chi connectivity index (χ1) is 14.0. The maximum Gasteiger partial charge on any atom is 0.255 e. The van der Waals surface area contributed by atoms with Crippen molar-refractivity contribution in [3.8, 4) is 17.2 Å². The number of benzene rings is 3. The van der Waals surface area contributed by atoms with Crippen molar-refractivity contribution in [3.05, 3.63) is 82.9 Å². The normalized spacial score (nSPS) is 10.3. The number of anilines is 1. The molecule has 0 aromatic heterocycles. The zero-order valence-corrected chi connectivity index (χ0v) is 17.1. The summed E-state index contributed by atoms with van der Waals surface area (Å²) in [6.45, 7) is 4.41. The number of carbonyl (C=O) groups excluding carboxylic acids is 1. The summed E-state index contributed by atoms with van der Waals surface area (Å²) in [7, 11) is 3.21. The molecular weight excluding hydrogens is 366 g/mol. The molecule has 150 valence electrons. The Labute approximate surface area is 171 Å². The molecule has 5 nitrogen and oxygen atoms in total. The van der Waals surface area contributed by atoms with Crippen LogP contribution in [0.4, 0.5) is 5.69 Å². The molecule has 0 saturated heterocycles. The largest absolute Gasteiger partial charge is 0.497 e. The number of methoxy groups -OCH3 is 2. The molecule has 0 bridgehead atoms. The first-order valence-corrected chi connectivity index (χ1v) is 9.32. The van der Waals surface area contributed by atoms with Crippen LogP contribution in [0.1, 0.15) is 27.0 Å². The molecule has 0 aliphatic carbocycles. The van der Waals surface area contributed by atoms with E-state index in [1.165, 1.54) is 11.1 Å². The Morgan fingerprint density at radius 3 is 2.21 bits per heavy atom. The van der Waals surface area contributed by atoms with Crippen LogP contribution in [0.15, 0.2) is 60.7 Å². The lowest BCUT2D eigenvalue weighted by molar-refractivity contribution is 0.102. The minimum absolute atomic E-state index is 0.203. The van der Waals surface area contributed by atoms with Gasteiger partial charge in [0.15, 0.2) is 0 Å². The second-order valence-electron chi connectivity index (χ2n) is 6.74. The number of amides is 1. The van der Waals surface area contributed by atoms with Crippen LogP contribution in [0.3, 0.4) is 0 Å². The van der Waals surface area contributed by atoms with Gasteiger partial charge in [-0.25, -0.2) is 0 Å². The van der Waals surface area contributed by atoms with Crippen molar-refractivity contribution in [1.82, 2.24) is 0 Å². The van der Waals surface area contributed by atoms with Gasteiger partial charge in [0.25, 0.3) is 5.91 Å². The number of hydrogen-bond donors (Lipinski definition) is 1. The minimum atomic E-state index is -0.203. The molecule has 0 unspecified atom stereocenters. The fourth-order valence-corrected chi connectivity index (χ4v) is 2.88. The van der Waals surface area contributed by atoms with Gasteiger partial charge in [-0.3, -0.25) is 4.79 Å². The summed E-state index contributed by atoms with van der Waals surface area (Å²) in [5, 5.41) is 2.89. The zero-order valence-electron chi connectivity index (χ0n) is 17.1. The first-order valence-electron chi connectivity index (χ1n) is 9.32. The molecule has 0 aliphatic heterocycles. The Morgan fingerprint density at radius 2 is 1.55 bits per heavy atom. The van der Waals surface area contributed by atoms with E-state index in [0.29, 0.717) is 23.6 Å². The molecule has 0 heterocycles. The van der Waals surface area contributed by atoms with Crippen LogP contribution in [0.25, 0.3) is 0 Å². The summed E-state index contributed by atoms with van der Waals surface area (Å²) in [4.78, 5) is 12.7. The Bertz CT molecular complexity index is 996. The Balaban J connectivity index is 1.74. The van der Waals surface area contributed by atoms with E-state index >= 15 is 0 Å². The number of ether oxygens (including phenoxy) is 3. The van der Waals surface area contributed by atoms with Crippen LogP contribution in [0.2, 0.25) is 0 Å². The number of rotatable bonds is 7. The maximum absolute atomic E-state index is 12.7. The Hall–Kier alpha value is -3.47. The molecule has 3 rings (SSSR count). The average molecular weight is 391 g/mol.